The quantitative estimate of drug-likeness (QED) is 0.380. The van der Waals surface area contributed by atoms with Gasteiger partial charge in [-0.05, 0) is 32.4 Å². The monoisotopic (exact) mass is 396 g/mol. The first-order valence-electron chi connectivity index (χ1n) is 9.02. The van der Waals surface area contributed by atoms with E-state index >= 15 is 0 Å². The molecular formula is C19H20N6O2S. The van der Waals surface area contributed by atoms with E-state index in [1.807, 2.05) is 45.0 Å². The van der Waals surface area contributed by atoms with Crippen molar-refractivity contribution in [3.05, 3.63) is 47.0 Å². The number of hydrogen-bond donors (Lipinski definition) is 2. The first-order chi connectivity index (χ1) is 13.5. The number of aromatic amines is 1. The van der Waals surface area contributed by atoms with Crippen LogP contribution >= 0.6 is 11.8 Å². The zero-order valence-corrected chi connectivity index (χ0v) is 16.6. The lowest BCUT2D eigenvalue weighted by Gasteiger charge is -2.10. The molecule has 0 spiro atoms. The number of carboxylic acids is 1. The fourth-order valence-electron chi connectivity index (χ4n) is 3.15. The fourth-order valence-corrected chi connectivity index (χ4v) is 4.05. The Morgan fingerprint density at radius 2 is 2.07 bits per heavy atom. The van der Waals surface area contributed by atoms with Gasteiger partial charge in [-0.25, -0.2) is 9.97 Å². The van der Waals surface area contributed by atoms with Crippen molar-refractivity contribution in [1.29, 1.82) is 0 Å². The Balaban J connectivity index is 1.86. The third-order valence-electron chi connectivity index (χ3n) is 4.70. The molecule has 0 bridgehead atoms. The van der Waals surface area contributed by atoms with Crippen LogP contribution in [-0.4, -0.2) is 46.1 Å². The number of H-pyrrole nitrogens is 1. The second kappa shape index (κ2) is 7.23. The van der Waals surface area contributed by atoms with Crippen LogP contribution in [0.3, 0.4) is 0 Å². The summed E-state index contributed by atoms with van der Waals surface area (Å²) in [5.74, 6) is -0.212. The minimum Gasteiger partial charge on any atom is -0.480 e. The third kappa shape index (κ3) is 3.22. The van der Waals surface area contributed by atoms with E-state index in [2.05, 4.69) is 20.3 Å². The Kier molecular flexibility index (Phi) is 4.76. The molecule has 3 aromatic heterocycles. The molecule has 9 heteroatoms. The van der Waals surface area contributed by atoms with E-state index in [9.17, 15) is 9.90 Å². The number of carboxylic acid groups (broad SMARTS) is 1. The standard InChI is InChI=1S/C19H20N6O2S/c1-4-15(18(26)27)28-19-20-14-8-6-5-7-12(14)17-21-16(24-25(17)19)9-13-10(2)22-23-11(13)3/h5-8,15H,4,9H2,1-3H3,(H,22,23)(H,26,27). The molecule has 0 saturated heterocycles. The number of aryl methyl sites for hydroxylation is 2. The van der Waals surface area contributed by atoms with Crippen molar-refractivity contribution in [2.45, 2.75) is 44.0 Å². The molecule has 1 unspecified atom stereocenters. The van der Waals surface area contributed by atoms with Gasteiger partial charge in [-0.2, -0.15) is 9.61 Å². The molecule has 3 heterocycles. The second-order valence-corrected chi connectivity index (χ2v) is 7.79. The molecule has 4 rings (SSSR count). The van der Waals surface area contributed by atoms with E-state index in [4.69, 9.17) is 4.98 Å². The van der Waals surface area contributed by atoms with E-state index in [-0.39, 0.29) is 0 Å². The van der Waals surface area contributed by atoms with Gasteiger partial charge in [-0.1, -0.05) is 30.8 Å². The highest BCUT2D eigenvalue weighted by Gasteiger charge is 2.22. The number of nitrogens with zero attached hydrogens (tertiary/aromatic N) is 5. The van der Waals surface area contributed by atoms with Gasteiger partial charge < -0.3 is 5.11 Å². The summed E-state index contributed by atoms with van der Waals surface area (Å²) in [4.78, 5) is 20.9. The van der Waals surface area contributed by atoms with Gasteiger partial charge >= 0.3 is 5.97 Å². The number of aromatic nitrogens is 6. The maximum absolute atomic E-state index is 11.5. The minimum absolute atomic E-state index is 0.491. The van der Waals surface area contributed by atoms with E-state index in [0.717, 1.165) is 27.9 Å². The molecule has 0 saturated carbocycles. The normalized spacial score (nSPS) is 12.7. The zero-order chi connectivity index (χ0) is 19.8. The molecule has 28 heavy (non-hydrogen) atoms. The SMILES string of the molecule is CCC(Sc1nc2ccccc2c2nc(Cc3c(C)n[nH]c3C)nn12)C(=O)O. The first-order valence-corrected chi connectivity index (χ1v) is 9.90. The summed E-state index contributed by atoms with van der Waals surface area (Å²) in [6, 6.07) is 7.69. The van der Waals surface area contributed by atoms with Gasteiger partial charge in [-0.3, -0.25) is 9.89 Å². The molecule has 0 fully saturated rings. The number of aliphatic carboxylic acids is 1. The van der Waals surface area contributed by atoms with Crippen LogP contribution in [0.5, 0.6) is 0 Å². The summed E-state index contributed by atoms with van der Waals surface area (Å²) in [6.45, 7) is 5.77. The highest BCUT2D eigenvalue weighted by molar-refractivity contribution is 8.00. The largest absolute Gasteiger partial charge is 0.480 e. The number of thioether (sulfide) groups is 1. The van der Waals surface area contributed by atoms with Crippen LogP contribution in [0, 0.1) is 13.8 Å². The number of hydrogen-bond acceptors (Lipinski definition) is 6. The Morgan fingerprint density at radius 1 is 1.29 bits per heavy atom. The molecule has 0 aliphatic rings. The van der Waals surface area contributed by atoms with Crippen molar-refractivity contribution in [1.82, 2.24) is 29.8 Å². The summed E-state index contributed by atoms with van der Waals surface area (Å²) in [7, 11) is 0. The van der Waals surface area contributed by atoms with Gasteiger partial charge in [-0.15, -0.1) is 5.10 Å². The summed E-state index contributed by atoms with van der Waals surface area (Å²) in [5, 5.41) is 22.1. The van der Waals surface area contributed by atoms with Gasteiger partial charge in [0.05, 0.1) is 11.2 Å². The summed E-state index contributed by atoms with van der Waals surface area (Å²) in [5.41, 5.74) is 4.44. The Hall–Kier alpha value is -2.94. The van der Waals surface area contributed by atoms with Crippen LogP contribution in [0.2, 0.25) is 0 Å². The highest BCUT2D eigenvalue weighted by atomic mass is 32.2. The second-order valence-electron chi connectivity index (χ2n) is 6.62. The van der Waals surface area contributed by atoms with Crippen molar-refractivity contribution in [2.24, 2.45) is 0 Å². The minimum atomic E-state index is -0.861. The van der Waals surface area contributed by atoms with Gasteiger partial charge in [0.1, 0.15) is 5.25 Å². The van der Waals surface area contributed by atoms with Crippen LogP contribution in [0.4, 0.5) is 0 Å². The molecule has 4 aromatic rings. The van der Waals surface area contributed by atoms with E-state index < -0.39 is 11.2 Å². The predicted octanol–water partition coefficient (Wildman–Crippen LogP) is 3.16. The third-order valence-corrected chi connectivity index (χ3v) is 6.00. The molecule has 0 aliphatic heterocycles. The van der Waals surface area contributed by atoms with Gasteiger partial charge in [0, 0.05) is 23.1 Å². The van der Waals surface area contributed by atoms with Crippen LogP contribution < -0.4 is 0 Å². The summed E-state index contributed by atoms with van der Waals surface area (Å²) in [6.07, 6.45) is 1.04. The lowest BCUT2D eigenvalue weighted by Crippen LogP contribution is -2.16. The maximum Gasteiger partial charge on any atom is 0.317 e. The van der Waals surface area contributed by atoms with Crippen LogP contribution in [-0.2, 0) is 11.2 Å². The highest BCUT2D eigenvalue weighted by Crippen LogP contribution is 2.28. The lowest BCUT2D eigenvalue weighted by molar-refractivity contribution is -0.136. The zero-order valence-electron chi connectivity index (χ0n) is 15.8. The van der Waals surface area contributed by atoms with Gasteiger partial charge in [0.25, 0.3) is 0 Å². The topological polar surface area (TPSA) is 109 Å². The molecular weight excluding hydrogens is 376 g/mol. The number of fused-ring (bicyclic) bond motifs is 3. The van der Waals surface area contributed by atoms with Crippen LogP contribution in [0.15, 0.2) is 29.4 Å². The van der Waals surface area contributed by atoms with Gasteiger partial charge in [0.2, 0.25) is 0 Å². The number of rotatable bonds is 6. The Morgan fingerprint density at radius 3 is 2.75 bits per heavy atom. The molecule has 1 atom stereocenters. The fraction of sp³-hybridized carbons (Fsp3) is 0.316. The van der Waals surface area contributed by atoms with Crippen LogP contribution in [0.1, 0.15) is 36.1 Å². The smallest absolute Gasteiger partial charge is 0.317 e. The molecule has 144 valence electrons. The van der Waals surface area contributed by atoms with E-state index in [0.29, 0.717) is 29.5 Å². The number of benzene rings is 1. The van der Waals surface area contributed by atoms with E-state index in [1.54, 1.807) is 4.52 Å². The Bertz CT molecular complexity index is 1160. The number of carbonyl (C=O) groups is 1. The lowest BCUT2D eigenvalue weighted by atomic mass is 10.1. The van der Waals surface area contributed by atoms with Crippen molar-refractivity contribution in [3.63, 3.8) is 0 Å². The van der Waals surface area contributed by atoms with Crippen molar-refractivity contribution in [3.8, 4) is 0 Å². The molecule has 0 radical (unpaired) electrons. The Labute approximate surface area is 165 Å². The first kappa shape index (κ1) is 18.4. The average Bonchev–Trinajstić information content (AvgIpc) is 3.24. The average molecular weight is 396 g/mol. The molecule has 8 nitrogen and oxygen atoms in total. The summed E-state index contributed by atoms with van der Waals surface area (Å²) >= 11 is 1.20. The van der Waals surface area contributed by atoms with Crippen LogP contribution in [0.25, 0.3) is 16.6 Å². The molecule has 1 aromatic carbocycles. The molecule has 0 aliphatic carbocycles. The van der Waals surface area contributed by atoms with E-state index in [1.165, 1.54) is 11.8 Å². The summed E-state index contributed by atoms with van der Waals surface area (Å²) < 4.78 is 1.67. The number of nitrogens with one attached hydrogen (secondary N) is 1. The number of para-hydroxylation sites is 1. The maximum atomic E-state index is 11.5. The van der Waals surface area contributed by atoms with Crippen molar-refractivity contribution < 1.29 is 9.90 Å². The molecule has 2 N–H and O–H groups in total. The van der Waals surface area contributed by atoms with Gasteiger partial charge in [0.15, 0.2) is 16.6 Å². The van der Waals surface area contributed by atoms with Crippen molar-refractivity contribution >= 4 is 34.3 Å². The van der Waals surface area contributed by atoms with Crippen molar-refractivity contribution in [2.75, 3.05) is 0 Å². The molecule has 0 amide bonds. The predicted molar refractivity (Wildman–Crippen MR) is 107 cm³/mol.